The van der Waals surface area contributed by atoms with E-state index in [1.54, 1.807) is 17.3 Å². The Kier molecular flexibility index (Phi) is 4.39. The fourth-order valence-corrected chi connectivity index (χ4v) is 2.40. The van der Waals surface area contributed by atoms with Crippen LogP contribution in [0, 0.1) is 0 Å². The monoisotopic (exact) mass is 336 g/mol. The van der Waals surface area contributed by atoms with E-state index in [0.29, 0.717) is 24.5 Å². The highest BCUT2D eigenvalue weighted by Crippen LogP contribution is 2.28. The molecule has 0 saturated heterocycles. The van der Waals surface area contributed by atoms with Crippen LogP contribution >= 0.6 is 0 Å². The maximum Gasteiger partial charge on any atom is 0.573 e. The van der Waals surface area contributed by atoms with Gasteiger partial charge in [0.05, 0.1) is 12.3 Å². The molecule has 5 nitrogen and oxygen atoms in total. The van der Waals surface area contributed by atoms with Crippen LogP contribution in [0.15, 0.2) is 52.7 Å². The Hall–Kier alpha value is -2.61. The number of fused-ring (bicyclic) bond motifs is 1. The Labute approximate surface area is 136 Å². The van der Waals surface area contributed by atoms with E-state index in [4.69, 9.17) is 0 Å². The number of amidine groups is 1. The molecular weight excluding hydrogens is 321 g/mol. The summed E-state index contributed by atoms with van der Waals surface area (Å²) in [4.78, 5) is 4.31. The first kappa shape index (κ1) is 16.3. The zero-order valence-corrected chi connectivity index (χ0v) is 12.8. The summed E-state index contributed by atoms with van der Waals surface area (Å²) in [7, 11) is 1.83. The van der Waals surface area contributed by atoms with Crippen molar-refractivity contribution >= 4 is 17.1 Å². The maximum absolute atomic E-state index is 12.4. The van der Waals surface area contributed by atoms with Gasteiger partial charge in [0.15, 0.2) is 0 Å². The largest absolute Gasteiger partial charge is 0.573 e. The number of hydrogen-bond acceptors (Lipinski definition) is 5. The molecule has 126 valence electrons. The minimum absolute atomic E-state index is 0.256. The number of rotatable bonds is 4. The summed E-state index contributed by atoms with van der Waals surface area (Å²) in [6.07, 6.45) is 0.662. The molecule has 0 amide bonds. The van der Waals surface area contributed by atoms with E-state index >= 15 is 0 Å². The fraction of sp³-hybridized carbons (Fsp3) is 0.250. The lowest BCUT2D eigenvalue weighted by Gasteiger charge is -2.27. The molecule has 3 rings (SSSR count). The Morgan fingerprint density at radius 1 is 1.29 bits per heavy atom. The molecule has 2 aliphatic heterocycles. The topological polar surface area (TPSA) is 49.2 Å². The summed E-state index contributed by atoms with van der Waals surface area (Å²) >= 11 is 0. The van der Waals surface area contributed by atoms with E-state index in [-0.39, 0.29) is 5.75 Å². The third-order valence-electron chi connectivity index (χ3n) is 3.41. The molecule has 0 spiro atoms. The first-order chi connectivity index (χ1) is 11.4. The van der Waals surface area contributed by atoms with Crippen molar-refractivity contribution in [2.75, 3.05) is 20.1 Å². The molecule has 0 saturated carbocycles. The summed E-state index contributed by atoms with van der Waals surface area (Å²) in [5.41, 5.74) is 2.22. The third kappa shape index (κ3) is 3.83. The van der Waals surface area contributed by atoms with Crippen LogP contribution < -0.4 is 10.1 Å². The Bertz CT molecular complexity index is 750. The van der Waals surface area contributed by atoms with Gasteiger partial charge in [-0.15, -0.1) is 13.2 Å². The van der Waals surface area contributed by atoms with Crippen LogP contribution in [-0.4, -0.2) is 43.1 Å². The second-order valence-corrected chi connectivity index (χ2v) is 5.23. The fourth-order valence-electron chi connectivity index (χ4n) is 2.40. The third-order valence-corrected chi connectivity index (χ3v) is 3.41. The molecule has 1 aromatic carbocycles. The second kappa shape index (κ2) is 6.48. The predicted octanol–water partition coefficient (Wildman–Crippen LogP) is 2.79. The van der Waals surface area contributed by atoms with Gasteiger partial charge in [-0.1, -0.05) is 12.1 Å². The molecule has 8 heteroatoms. The normalized spacial score (nSPS) is 17.0. The number of hydrogen-bond donors (Lipinski definition) is 1. The SMILES string of the molecule is CNCC1=NN2CC(c3cccc(OC(F)(F)F)c3)=CN=C2C=C1. The molecule has 0 aliphatic carbocycles. The predicted molar refractivity (Wildman–Crippen MR) is 85.7 cm³/mol. The number of hydrazone groups is 1. The van der Waals surface area contributed by atoms with Crippen LogP contribution in [-0.2, 0) is 0 Å². The van der Waals surface area contributed by atoms with Crippen molar-refractivity contribution in [2.24, 2.45) is 10.1 Å². The number of nitrogens with zero attached hydrogens (tertiary/aromatic N) is 3. The van der Waals surface area contributed by atoms with Crippen molar-refractivity contribution in [1.29, 1.82) is 0 Å². The van der Waals surface area contributed by atoms with E-state index in [2.05, 4.69) is 20.1 Å². The van der Waals surface area contributed by atoms with Gasteiger partial charge in [-0.2, -0.15) is 5.10 Å². The van der Waals surface area contributed by atoms with Crippen molar-refractivity contribution in [3.63, 3.8) is 0 Å². The molecule has 0 bridgehead atoms. The van der Waals surface area contributed by atoms with E-state index in [1.165, 1.54) is 18.2 Å². The highest BCUT2D eigenvalue weighted by atomic mass is 19.4. The summed E-state index contributed by atoms with van der Waals surface area (Å²) in [6, 6.07) is 5.84. The van der Waals surface area contributed by atoms with Gasteiger partial charge in [-0.3, -0.25) is 0 Å². The average Bonchev–Trinajstić information content (AvgIpc) is 2.53. The lowest BCUT2D eigenvalue weighted by molar-refractivity contribution is -0.274. The molecule has 0 unspecified atom stereocenters. The quantitative estimate of drug-likeness (QED) is 0.920. The van der Waals surface area contributed by atoms with Crippen molar-refractivity contribution in [1.82, 2.24) is 10.3 Å². The molecule has 1 N–H and O–H groups in total. The molecule has 2 aliphatic rings. The lowest BCUT2D eigenvalue weighted by atomic mass is 10.1. The van der Waals surface area contributed by atoms with E-state index in [1.807, 2.05) is 19.2 Å². The van der Waals surface area contributed by atoms with Gasteiger partial charge in [0.1, 0.15) is 11.6 Å². The van der Waals surface area contributed by atoms with Gasteiger partial charge < -0.3 is 10.1 Å². The van der Waals surface area contributed by atoms with Gasteiger partial charge in [-0.25, -0.2) is 10.0 Å². The highest BCUT2D eigenvalue weighted by molar-refractivity contribution is 6.08. The van der Waals surface area contributed by atoms with E-state index in [0.717, 1.165) is 11.3 Å². The molecule has 0 radical (unpaired) electrons. The van der Waals surface area contributed by atoms with Crippen molar-refractivity contribution in [2.45, 2.75) is 6.36 Å². The molecule has 0 aromatic heterocycles. The Morgan fingerprint density at radius 3 is 2.88 bits per heavy atom. The summed E-state index contributed by atoms with van der Waals surface area (Å²) in [5, 5.41) is 9.21. The van der Waals surface area contributed by atoms with Gasteiger partial charge in [-0.05, 0) is 42.5 Å². The first-order valence-electron chi connectivity index (χ1n) is 7.25. The summed E-state index contributed by atoms with van der Waals surface area (Å²) in [5.74, 6) is 0.440. The van der Waals surface area contributed by atoms with Crippen LogP contribution in [0.1, 0.15) is 5.56 Å². The summed E-state index contributed by atoms with van der Waals surface area (Å²) in [6.45, 7) is 1.04. The highest BCUT2D eigenvalue weighted by Gasteiger charge is 2.31. The Balaban J connectivity index is 1.82. The summed E-state index contributed by atoms with van der Waals surface area (Å²) < 4.78 is 41.0. The van der Waals surface area contributed by atoms with Crippen LogP contribution in [0.3, 0.4) is 0 Å². The molecule has 24 heavy (non-hydrogen) atoms. The molecule has 0 fully saturated rings. The zero-order valence-electron chi connectivity index (χ0n) is 12.8. The molecule has 1 aromatic rings. The number of ether oxygens (including phenoxy) is 1. The molecule has 2 heterocycles. The number of aliphatic imine (C=N–C) groups is 1. The number of alkyl halides is 3. The smallest absolute Gasteiger partial charge is 0.406 e. The van der Waals surface area contributed by atoms with Crippen LogP contribution in [0.2, 0.25) is 0 Å². The lowest BCUT2D eigenvalue weighted by Crippen LogP contribution is -2.34. The number of benzene rings is 1. The van der Waals surface area contributed by atoms with Crippen molar-refractivity contribution in [3.05, 3.63) is 48.2 Å². The first-order valence-corrected chi connectivity index (χ1v) is 7.25. The minimum Gasteiger partial charge on any atom is -0.406 e. The maximum atomic E-state index is 12.4. The number of halogens is 3. The van der Waals surface area contributed by atoms with Crippen molar-refractivity contribution < 1.29 is 17.9 Å². The molecular formula is C16H15F3N4O. The van der Waals surface area contributed by atoms with Crippen LogP contribution in [0.5, 0.6) is 5.75 Å². The van der Waals surface area contributed by atoms with Gasteiger partial charge >= 0.3 is 6.36 Å². The van der Waals surface area contributed by atoms with Crippen LogP contribution in [0.25, 0.3) is 5.57 Å². The molecule has 0 atom stereocenters. The average molecular weight is 336 g/mol. The van der Waals surface area contributed by atoms with Gasteiger partial charge in [0, 0.05) is 12.7 Å². The van der Waals surface area contributed by atoms with Gasteiger partial charge in [0.25, 0.3) is 0 Å². The zero-order chi connectivity index (χ0) is 17.2. The number of nitrogens with one attached hydrogen (secondary N) is 1. The minimum atomic E-state index is -4.71. The standard InChI is InChI=1S/C16H15F3N4O/c1-20-9-13-5-6-15-21-8-12(10-23(15)22-13)11-3-2-4-14(7-11)24-16(17,18)19/h2-8,20H,9-10H2,1H3. The van der Waals surface area contributed by atoms with E-state index in [9.17, 15) is 13.2 Å². The van der Waals surface area contributed by atoms with Crippen LogP contribution in [0.4, 0.5) is 13.2 Å². The van der Waals surface area contributed by atoms with Crippen molar-refractivity contribution in [3.8, 4) is 5.75 Å². The van der Waals surface area contributed by atoms with E-state index < -0.39 is 6.36 Å². The van der Waals surface area contributed by atoms with Gasteiger partial charge in [0.2, 0.25) is 0 Å². The second-order valence-electron chi connectivity index (χ2n) is 5.23. The Morgan fingerprint density at radius 2 is 2.12 bits per heavy atom.